The predicted octanol–water partition coefficient (Wildman–Crippen LogP) is 1.61. The molecule has 2 heterocycles. The van der Waals surface area contributed by atoms with E-state index in [1.54, 1.807) is 11.8 Å². The Hall–Kier alpha value is -0.480. The lowest BCUT2D eigenvalue weighted by molar-refractivity contribution is 1.06. The van der Waals surface area contributed by atoms with Crippen LogP contribution in [0.5, 0.6) is 0 Å². The highest BCUT2D eigenvalue weighted by Gasteiger charge is 2.14. The van der Waals surface area contributed by atoms with Crippen molar-refractivity contribution in [1.82, 2.24) is 9.97 Å². The highest BCUT2D eigenvalue weighted by Crippen LogP contribution is 2.34. The zero-order valence-corrected chi connectivity index (χ0v) is 6.54. The van der Waals surface area contributed by atoms with E-state index in [1.165, 1.54) is 6.33 Å². The Morgan fingerprint density at radius 2 is 2.50 bits per heavy atom. The number of aromatic nitrogens is 2. The van der Waals surface area contributed by atoms with Gasteiger partial charge in [-0.2, -0.15) is 0 Å². The van der Waals surface area contributed by atoms with Gasteiger partial charge in [-0.3, -0.25) is 0 Å². The normalized spacial score (nSPS) is 14.5. The molecule has 1 N–H and O–H groups in total. The Balaban J connectivity index is 2.59. The molecule has 0 saturated carbocycles. The number of hydrogen-bond donors (Lipinski definition) is 1. The number of rotatable bonds is 0. The molecule has 1 aliphatic rings. The molecule has 0 atom stereocenters. The monoisotopic (exact) mass is 173 g/mol. The number of halogens is 1. The Labute approximate surface area is 67.2 Å². The smallest absolute Gasteiger partial charge is 0.156 e. The molecular formula is C5H4ClN3S. The van der Waals surface area contributed by atoms with Crippen molar-refractivity contribution in [3.05, 3.63) is 11.5 Å². The molecule has 0 aliphatic carbocycles. The van der Waals surface area contributed by atoms with Crippen molar-refractivity contribution in [2.45, 2.75) is 5.03 Å². The first kappa shape index (κ1) is 6.24. The van der Waals surface area contributed by atoms with Crippen molar-refractivity contribution in [2.24, 2.45) is 0 Å². The van der Waals surface area contributed by atoms with Crippen molar-refractivity contribution in [3.63, 3.8) is 0 Å². The standard InChI is InChI=1S/C5H4ClN3S/c6-4-3-5(8-1-7-4)10-2-9-3/h1,9H,2H2. The van der Waals surface area contributed by atoms with Crippen LogP contribution in [0.25, 0.3) is 0 Å². The summed E-state index contributed by atoms with van der Waals surface area (Å²) in [6, 6.07) is 0. The van der Waals surface area contributed by atoms with Crippen LogP contribution in [0.4, 0.5) is 5.69 Å². The van der Waals surface area contributed by atoms with E-state index in [2.05, 4.69) is 15.3 Å². The predicted molar refractivity (Wildman–Crippen MR) is 41.4 cm³/mol. The van der Waals surface area contributed by atoms with E-state index in [9.17, 15) is 0 Å². The van der Waals surface area contributed by atoms with Crippen LogP contribution in [-0.4, -0.2) is 15.8 Å². The number of thioether (sulfide) groups is 1. The van der Waals surface area contributed by atoms with Crippen LogP contribution in [0.15, 0.2) is 11.4 Å². The second kappa shape index (κ2) is 2.29. The van der Waals surface area contributed by atoms with Gasteiger partial charge in [-0.1, -0.05) is 23.4 Å². The summed E-state index contributed by atoms with van der Waals surface area (Å²) < 4.78 is 0. The summed E-state index contributed by atoms with van der Waals surface area (Å²) in [5, 5.41) is 4.53. The van der Waals surface area contributed by atoms with E-state index in [4.69, 9.17) is 11.6 Å². The molecule has 0 bridgehead atoms. The molecule has 2 rings (SSSR count). The molecule has 1 aromatic rings. The number of anilines is 1. The number of nitrogens with one attached hydrogen (secondary N) is 1. The fourth-order valence-electron chi connectivity index (χ4n) is 0.784. The van der Waals surface area contributed by atoms with Gasteiger partial charge in [-0.05, 0) is 0 Å². The molecule has 0 spiro atoms. The maximum atomic E-state index is 5.74. The zero-order chi connectivity index (χ0) is 6.97. The summed E-state index contributed by atoms with van der Waals surface area (Å²) in [7, 11) is 0. The molecule has 0 amide bonds. The maximum Gasteiger partial charge on any atom is 0.156 e. The van der Waals surface area contributed by atoms with Crippen LogP contribution in [0.1, 0.15) is 0 Å². The molecule has 1 aliphatic heterocycles. The molecule has 0 unspecified atom stereocenters. The highest BCUT2D eigenvalue weighted by molar-refractivity contribution is 7.99. The lowest BCUT2D eigenvalue weighted by Gasteiger charge is -1.96. The average Bonchev–Trinajstić information content (AvgIpc) is 2.36. The van der Waals surface area contributed by atoms with Gasteiger partial charge >= 0.3 is 0 Å². The van der Waals surface area contributed by atoms with Gasteiger partial charge in [0.15, 0.2) is 5.15 Å². The first-order valence-corrected chi connectivity index (χ1v) is 4.11. The van der Waals surface area contributed by atoms with Crippen molar-refractivity contribution in [2.75, 3.05) is 11.2 Å². The van der Waals surface area contributed by atoms with E-state index in [1.807, 2.05) is 0 Å². The molecule has 10 heavy (non-hydrogen) atoms. The van der Waals surface area contributed by atoms with E-state index >= 15 is 0 Å². The zero-order valence-electron chi connectivity index (χ0n) is 4.97. The molecule has 5 heteroatoms. The van der Waals surface area contributed by atoms with E-state index in [0.29, 0.717) is 5.15 Å². The minimum atomic E-state index is 0.509. The van der Waals surface area contributed by atoms with Crippen molar-refractivity contribution in [1.29, 1.82) is 0 Å². The first-order valence-electron chi connectivity index (χ1n) is 2.75. The minimum absolute atomic E-state index is 0.509. The quantitative estimate of drug-likeness (QED) is 0.605. The molecule has 0 aromatic carbocycles. The second-order valence-electron chi connectivity index (χ2n) is 1.81. The summed E-state index contributed by atoms with van der Waals surface area (Å²) in [5.74, 6) is 0.841. The highest BCUT2D eigenvalue weighted by atomic mass is 35.5. The van der Waals surface area contributed by atoms with Crippen molar-refractivity contribution < 1.29 is 0 Å². The summed E-state index contributed by atoms with van der Waals surface area (Å²) in [6.45, 7) is 0. The summed E-state index contributed by atoms with van der Waals surface area (Å²) in [5.41, 5.74) is 0.870. The van der Waals surface area contributed by atoms with Gasteiger partial charge in [-0.25, -0.2) is 9.97 Å². The lowest BCUT2D eigenvalue weighted by atomic mass is 10.5. The average molecular weight is 174 g/mol. The van der Waals surface area contributed by atoms with E-state index in [0.717, 1.165) is 16.6 Å². The third kappa shape index (κ3) is 0.839. The molecule has 52 valence electrons. The maximum absolute atomic E-state index is 5.74. The van der Waals surface area contributed by atoms with Crippen LogP contribution >= 0.6 is 23.4 Å². The molecule has 0 fully saturated rings. The van der Waals surface area contributed by atoms with Crippen LogP contribution in [-0.2, 0) is 0 Å². The topological polar surface area (TPSA) is 37.8 Å². The Morgan fingerprint density at radius 3 is 3.30 bits per heavy atom. The van der Waals surface area contributed by atoms with Gasteiger partial charge in [-0.15, -0.1) is 0 Å². The largest absolute Gasteiger partial charge is 0.371 e. The third-order valence-corrected chi connectivity index (χ3v) is 2.38. The van der Waals surface area contributed by atoms with Crippen LogP contribution in [0.3, 0.4) is 0 Å². The SMILES string of the molecule is Clc1ncnc2c1NCS2. The molecule has 0 radical (unpaired) electrons. The fraction of sp³-hybridized carbons (Fsp3) is 0.200. The number of nitrogens with zero attached hydrogens (tertiary/aromatic N) is 2. The van der Waals surface area contributed by atoms with Crippen LogP contribution in [0, 0.1) is 0 Å². The van der Waals surface area contributed by atoms with Crippen LogP contribution in [0.2, 0.25) is 5.15 Å². The van der Waals surface area contributed by atoms with Crippen LogP contribution < -0.4 is 5.32 Å². The van der Waals surface area contributed by atoms with Crippen molar-refractivity contribution >= 4 is 29.1 Å². The summed E-state index contributed by atoms with van der Waals surface area (Å²) >= 11 is 7.38. The van der Waals surface area contributed by atoms with Gasteiger partial charge in [0.2, 0.25) is 0 Å². The fourth-order valence-corrected chi connectivity index (χ4v) is 1.83. The Morgan fingerprint density at radius 1 is 1.60 bits per heavy atom. The molecular weight excluding hydrogens is 170 g/mol. The van der Waals surface area contributed by atoms with E-state index in [-0.39, 0.29) is 0 Å². The third-order valence-electron chi connectivity index (χ3n) is 1.22. The summed E-state index contributed by atoms with van der Waals surface area (Å²) in [4.78, 5) is 7.85. The minimum Gasteiger partial charge on any atom is -0.371 e. The number of hydrogen-bond acceptors (Lipinski definition) is 4. The second-order valence-corrected chi connectivity index (χ2v) is 3.13. The Bertz CT molecular complexity index is 265. The van der Waals surface area contributed by atoms with Crippen molar-refractivity contribution in [3.8, 4) is 0 Å². The van der Waals surface area contributed by atoms with Gasteiger partial charge in [0.1, 0.15) is 17.0 Å². The molecule has 0 saturated heterocycles. The summed E-state index contributed by atoms with van der Waals surface area (Å²) in [6.07, 6.45) is 1.47. The lowest BCUT2D eigenvalue weighted by Crippen LogP contribution is -1.91. The molecule has 3 nitrogen and oxygen atoms in total. The molecule has 1 aromatic heterocycles. The van der Waals surface area contributed by atoms with Gasteiger partial charge in [0, 0.05) is 0 Å². The first-order chi connectivity index (χ1) is 4.88. The van der Waals surface area contributed by atoms with Gasteiger partial charge in [0.25, 0.3) is 0 Å². The Kier molecular flexibility index (Phi) is 1.43. The van der Waals surface area contributed by atoms with Gasteiger partial charge in [0.05, 0.1) is 5.88 Å². The number of fused-ring (bicyclic) bond motifs is 1. The van der Waals surface area contributed by atoms with E-state index < -0.39 is 0 Å². The van der Waals surface area contributed by atoms with Gasteiger partial charge < -0.3 is 5.32 Å².